The number of nitrogens with zero attached hydrogens (tertiary/aromatic N) is 1. The lowest BCUT2D eigenvalue weighted by Gasteiger charge is -2.37. The Balaban J connectivity index is 2.15. The van der Waals surface area contributed by atoms with Gasteiger partial charge >= 0.3 is 0 Å². The molecule has 0 saturated carbocycles. The van der Waals surface area contributed by atoms with Crippen LogP contribution in [-0.4, -0.2) is 45.2 Å². The predicted molar refractivity (Wildman–Crippen MR) is 77.5 cm³/mol. The van der Waals surface area contributed by atoms with Gasteiger partial charge in [0.05, 0.1) is 15.9 Å². The molecule has 1 saturated heterocycles. The van der Waals surface area contributed by atoms with Gasteiger partial charge in [0.2, 0.25) is 10.0 Å². The van der Waals surface area contributed by atoms with E-state index in [4.69, 9.17) is 0 Å². The van der Waals surface area contributed by atoms with Gasteiger partial charge < -0.3 is 0 Å². The highest BCUT2D eigenvalue weighted by Gasteiger charge is 2.43. The van der Waals surface area contributed by atoms with Gasteiger partial charge in [0.1, 0.15) is 11.6 Å². The van der Waals surface area contributed by atoms with Gasteiger partial charge in [0, 0.05) is 19.2 Å². The van der Waals surface area contributed by atoms with Gasteiger partial charge in [-0.05, 0) is 18.1 Å². The van der Waals surface area contributed by atoms with Crippen molar-refractivity contribution in [2.24, 2.45) is 5.92 Å². The quantitative estimate of drug-likeness (QED) is 0.802. The highest BCUT2D eigenvalue weighted by Crippen LogP contribution is 2.27. The van der Waals surface area contributed by atoms with E-state index in [-0.39, 0.29) is 24.8 Å². The fourth-order valence-corrected chi connectivity index (χ4v) is 6.03. The largest absolute Gasteiger partial charge is 0.243 e. The standard InChI is InChI=1S/C13H17F2NO4S2/c1-9(2)8-21(17,18)13-6-16(7-13)22(19,20)12-4-10(14)3-11(15)5-12/h3-5,9,13H,6-8H2,1-2H3. The van der Waals surface area contributed by atoms with Crippen molar-refractivity contribution >= 4 is 19.9 Å². The molecule has 1 heterocycles. The molecule has 22 heavy (non-hydrogen) atoms. The summed E-state index contributed by atoms with van der Waals surface area (Å²) in [6, 6.07) is 2.01. The molecule has 1 aromatic rings. The van der Waals surface area contributed by atoms with Crippen LogP contribution in [0.2, 0.25) is 0 Å². The van der Waals surface area contributed by atoms with Gasteiger partial charge in [0.15, 0.2) is 9.84 Å². The number of sulfone groups is 1. The van der Waals surface area contributed by atoms with Gasteiger partial charge in [-0.15, -0.1) is 0 Å². The Kier molecular flexibility index (Phi) is 4.61. The molecule has 124 valence electrons. The molecule has 0 aliphatic carbocycles. The molecule has 9 heteroatoms. The number of rotatable bonds is 5. The van der Waals surface area contributed by atoms with E-state index in [0.717, 1.165) is 4.31 Å². The van der Waals surface area contributed by atoms with Gasteiger partial charge in [-0.2, -0.15) is 4.31 Å². The van der Waals surface area contributed by atoms with E-state index in [2.05, 4.69) is 0 Å². The van der Waals surface area contributed by atoms with Crippen molar-refractivity contribution in [3.63, 3.8) is 0 Å². The molecule has 0 atom stereocenters. The minimum atomic E-state index is -4.08. The zero-order valence-electron chi connectivity index (χ0n) is 12.2. The molecule has 0 radical (unpaired) electrons. The van der Waals surface area contributed by atoms with E-state index in [0.29, 0.717) is 18.2 Å². The normalized spacial score (nSPS) is 17.7. The van der Waals surface area contributed by atoms with E-state index in [1.54, 1.807) is 13.8 Å². The zero-order chi connectivity index (χ0) is 16.7. The average Bonchev–Trinajstić information content (AvgIpc) is 2.21. The molecule has 5 nitrogen and oxygen atoms in total. The van der Waals surface area contributed by atoms with Crippen LogP contribution >= 0.6 is 0 Å². The molecular formula is C13H17F2NO4S2. The summed E-state index contributed by atoms with van der Waals surface area (Å²) < 4.78 is 75.6. The van der Waals surface area contributed by atoms with Crippen LogP contribution in [0, 0.1) is 17.6 Å². The molecule has 2 rings (SSSR count). The van der Waals surface area contributed by atoms with E-state index in [1.807, 2.05) is 0 Å². The lowest BCUT2D eigenvalue weighted by Crippen LogP contribution is -2.57. The maximum absolute atomic E-state index is 13.1. The summed E-state index contributed by atoms with van der Waals surface area (Å²) in [6.07, 6.45) is 0. The third kappa shape index (κ3) is 3.47. The Morgan fingerprint density at radius 2 is 1.59 bits per heavy atom. The van der Waals surface area contributed by atoms with Crippen LogP contribution in [0.3, 0.4) is 0 Å². The molecule has 0 bridgehead atoms. The summed E-state index contributed by atoms with van der Waals surface area (Å²) in [6.45, 7) is 3.16. The van der Waals surface area contributed by atoms with Crippen LogP contribution in [0.4, 0.5) is 8.78 Å². The molecule has 1 aliphatic rings. The molecule has 0 aromatic heterocycles. The van der Waals surface area contributed by atoms with Crippen molar-refractivity contribution in [2.75, 3.05) is 18.8 Å². The summed E-state index contributed by atoms with van der Waals surface area (Å²) in [7, 11) is -7.45. The number of hydrogen-bond acceptors (Lipinski definition) is 4. The van der Waals surface area contributed by atoms with Gasteiger partial charge in [0.25, 0.3) is 0 Å². The number of hydrogen-bond donors (Lipinski definition) is 0. The predicted octanol–water partition coefficient (Wildman–Crippen LogP) is 1.41. The van der Waals surface area contributed by atoms with Crippen LogP contribution < -0.4 is 0 Å². The molecular weight excluding hydrogens is 336 g/mol. The lowest BCUT2D eigenvalue weighted by molar-refractivity contribution is 0.309. The average molecular weight is 353 g/mol. The van der Waals surface area contributed by atoms with Gasteiger partial charge in [-0.1, -0.05) is 13.8 Å². The van der Waals surface area contributed by atoms with E-state index >= 15 is 0 Å². The maximum atomic E-state index is 13.1. The minimum Gasteiger partial charge on any atom is -0.228 e. The Morgan fingerprint density at radius 1 is 1.09 bits per heavy atom. The van der Waals surface area contributed by atoms with Crippen molar-refractivity contribution < 1.29 is 25.6 Å². The third-order valence-corrected chi connectivity index (χ3v) is 7.62. The van der Waals surface area contributed by atoms with Crippen molar-refractivity contribution in [1.29, 1.82) is 0 Å². The fourth-order valence-electron chi connectivity index (χ4n) is 2.25. The summed E-state index contributed by atoms with van der Waals surface area (Å²) >= 11 is 0. The topological polar surface area (TPSA) is 71.5 Å². The lowest BCUT2D eigenvalue weighted by atomic mass is 10.3. The van der Waals surface area contributed by atoms with Gasteiger partial charge in [-0.3, -0.25) is 0 Å². The number of halogens is 2. The van der Waals surface area contributed by atoms with Crippen molar-refractivity contribution in [2.45, 2.75) is 24.0 Å². The van der Waals surface area contributed by atoms with Gasteiger partial charge in [-0.25, -0.2) is 25.6 Å². The van der Waals surface area contributed by atoms with Crippen molar-refractivity contribution in [3.8, 4) is 0 Å². The molecule has 1 aromatic carbocycles. The molecule has 0 N–H and O–H groups in total. The first-order chi connectivity index (χ1) is 10.0. The Labute approximate surface area is 128 Å². The highest BCUT2D eigenvalue weighted by atomic mass is 32.2. The third-order valence-electron chi connectivity index (χ3n) is 3.36. The summed E-state index contributed by atoms with van der Waals surface area (Å²) in [5, 5.41) is -0.761. The monoisotopic (exact) mass is 353 g/mol. The molecule has 0 spiro atoms. The SMILES string of the molecule is CC(C)CS(=O)(=O)C1CN(S(=O)(=O)c2cc(F)cc(F)c2)C1. The zero-order valence-corrected chi connectivity index (χ0v) is 13.8. The first-order valence-corrected chi connectivity index (χ1v) is 9.86. The fraction of sp³-hybridized carbons (Fsp3) is 0.538. The number of benzene rings is 1. The highest BCUT2D eigenvalue weighted by molar-refractivity contribution is 7.92. The van der Waals surface area contributed by atoms with E-state index in [9.17, 15) is 25.6 Å². The first-order valence-electron chi connectivity index (χ1n) is 6.70. The molecule has 0 amide bonds. The Morgan fingerprint density at radius 3 is 2.05 bits per heavy atom. The Hall–Kier alpha value is -1.06. The minimum absolute atomic E-state index is 0.0137. The van der Waals surface area contributed by atoms with Crippen molar-refractivity contribution in [1.82, 2.24) is 4.31 Å². The van der Waals surface area contributed by atoms with Crippen LogP contribution in [0.1, 0.15) is 13.8 Å². The second-order valence-corrected chi connectivity index (χ2v) is 10.0. The first kappa shape index (κ1) is 17.3. The maximum Gasteiger partial charge on any atom is 0.243 e. The smallest absolute Gasteiger partial charge is 0.228 e. The molecule has 1 aliphatic heterocycles. The molecule has 1 fully saturated rings. The van der Waals surface area contributed by atoms with Crippen LogP contribution in [0.25, 0.3) is 0 Å². The summed E-state index contributed by atoms with van der Waals surface area (Å²) in [5.74, 6) is -2.06. The molecule has 0 unspecified atom stereocenters. The van der Waals surface area contributed by atoms with Crippen LogP contribution in [-0.2, 0) is 19.9 Å². The Bertz CT molecular complexity index is 749. The summed E-state index contributed by atoms with van der Waals surface area (Å²) in [4.78, 5) is -0.510. The van der Waals surface area contributed by atoms with E-state index < -0.39 is 41.6 Å². The second-order valence-electron chi connectivity index (χ2n) is 5.77. The van der Waals surface area contributed by atoms with Crippen molar-refractivity contribution in [3.05, 3.63) is 29.8 Å². The number of sulfonamides is 1. The van der Waals surface area contributed by atoms with Crippen LogP contribution in [0.5, 0.6) is 0 Å². The van der Waals surface area contributed by atoms with Crippen LogP contribution in [0.15, 0.2) is 23.1 Å². The summed E-state index contributed by atoms with van der Waals surface area (Å²) in [5.41, 5.74) is 0. The second kappa shape index (κ2) is 5.86. The van der Waals surface area contributed by atoms with E-state index in [1.165, 1.54) is 0 Å².